The first kappa shape index (κ1) is 14.2. The van der Waals surface area contributed by atoms with Gasteiger partial charge < -0.3 is 10.2 Å². The van der Waals surface area contributed by atoms with Crippen molar-refractivity contribution in [3.63, 3.8) is 0 Å². The first-order chi connectivity index (χ1) is 8.69. The van der Waals surface area contributed by atoms with Crippen LogP contribution in [0.2, 0.25) is 0 Å². The highest BCUT2D eigenvalue weighted by atomic mass is 16.2. The largest absolute Gasteiger partial charge is 0.351 e. The molecule has 18 heavy (non-hydrogen) atoms. The number of carbonyl (C=O) groups excluding carboxylic acids is 1. The zero-order valence-corrected chi connectivity index (χ0v) is 11.0. The Morgan fingerprint density at radius 3 is 3.06 bits per heavy atom. The summed E-state index contributed by atoms with van der Waals surface area (Å²) >= 11 is 0. The van der Waals surface area contributed by atoms with Gasteiger partial charge in [0.15, 0.2) is 0 Å². The van der Waals surface area contributed by atoms with Gasteiger partial charge in [-0.05, 0) is 12.5 Å². The molecule has 1 aromatic heterocycles. The zero-order valence-electron chi connectivity index (χ0n) is 11.0. The summed E-state index contributed by atoms with van der Waals surface area (Å²) in [7, 11) is 1.79. The Hall–Kier alpha value is -1.91. The maximum atomic E-state index is 12.1. The summed E-state index contributed by atoms with van der Waals surface area (Å²) in [4.78, 5) is 22.0. The third-order valence-corrected chi connectivity index (χ3v) is 2.47. The van der Waals surface area contributed by atoms with Crippen LogP contribution in [0, 0.1) is 0 Å². The third-order valence-electron chi connectivity index (χ3n) is 2.47. The Morgan fingerprint density at radius 1 is 1.61 bits per heavy atom. The molecule has 0 aliphatic carbocycles. The summed E-state index contributed by atoms with van der Waals surface area (Å²) in [6.45, 7) is 7.02. The lowest BCUT2D eigenvalue weighted by Gasteiger charge is -2.16. The topological polar surface area (TPSA) is 58.1 Å². The van der Waals surface area contributed by atoms with E-state index < -0.39 is 0 Å². The van der Waals surface area contributed by atoms with Crippen molar-refractivity contribution >= 4 is 11.9 Å². The molecule has 1 aromatic rings. The van der Waals surface area contributed by atoms with Crippen molar-refractivity contribution in [3.05, 3.63) is 30.6 Å². The highest BCUT2D eigenvalue weighted by molar-refractivity contribution is 5.92. The molecule has 0 aromatic carbocycles. The van der Waals surface area contributed by atoms with Crippen LogP contribution in [0.15, 0.2) is 24.9 Å². The molecule has 1 N–H and O–H groups in total. The zero-order chi connectivity index (χ0) is 13.4. The Morgan fingerprint density at radius 2 is 2.39 bits per heavy atom. The van der Waals surface area contributed by atoms with Gasteiger partial charge in [0.1, 0.15) is 5.69 Å². The predicted molar refractivity (Wildman–Crippen MR) is 72.6 cm³/mol. The molecule has 0 saturated carbocycles. The number of nitrogens with one attached hydrogen (secondary N) is 1. The van der Waals surface area contributed by atoms with Gasteiger partial charge in [0.2, 0.25) is 5.95 Å². The van der Waals surface area contributed by atoms with Crippen molar-refractivity contribution < 1.29 is 4.79 Å². The molecule has 5 heteroatoms. The maximum absolute atomic E-state index is 12.1. The predicted octanol–water partition coefficient (Wildman–Crippen LogP) is 1.95. The van der Waals surface area contributed by atoms with Crippen LogP contribution in [0.1, 0.15) is 30.3 Å². The van der Waals surface area contributed by atoms with E-state index in [1.54, 1.807) is 30.3 Å². The van der Waals surface area contributed by atoms with E-state index in [9.17, 15) is 4.79 Å². The van der Waals surface area contributed by atoms with Gasteiger partial charge in [-0.15, -0.1) is 6.58 Å². The van der Waals surface area contributed by atoms with E-state index in [2.05, 4.69) is 28.8 Å². The SMILES string of the molecule is C=CCNc1nccc(C(=O)N(C)CCCC)n1. The van der Waals surface area contributed by atoms with Crippen molar-refractivity contribution in [1.82, 2.24) is 14.9 Å². The van der Waals surface area contributed by atoms with E-state index in [4.69, 9.17) is 0 Å². The normalized spacial score (nSPS) is 9.89. The molecule has 0 aliphatic rings. The van der Waals surface area contributed by atoms with E-state index in [0.29, 0.717) is 18.2 Å². The van der Waals surface area contributed by atoms with E-state index in [1.807, 2.05) is 0 Å². The summed E-state index contributed by atoms with van der Waals surface area (Å²) in [5, 5.41) is 2.96. The lowest BCUT2D eigenvalue weighted by molar-refractivity contribution is 0.0787. The van der Waals surface area contributed by atoms with Gasteiger partial charge in [-0.2, -0.15) is 0 Å². The minimum atomic E-state index is -0.0764. The van der Waals surface area contributed by atoms with Gasteiger partial charge in [-0.1, -0.05) is 19.4 Å². The summed E-state index contributed by atoms with van der Waals surface area (Å²) in [6, 6.07) is 1.63. The number of hydrogen-bond donors (Lipinski definition) is 1. The first-order valence-corrected chi connectivity index (χ1v) is 6.12. The number of carbonyl (C=O) groups is 1. The van der Waals surface area contributed by atoms with Crippen molar-refractivity contribution in [3.8, 4) is 0 Å². The number of nitrogens with zero attached hydrogens (tertiary/aromatic N) is 3. The monoisotopic (exact) mass is 248 g/mol. The smallest absolute Gasteiger partial charge is 0.272 e. The van der Waals surface area contributed by atoms with Gasteiger partial charge in [0.25, 0.3) is 5.91 Å². The molecule has 0 unspecified atom stereocenters. The molecule has 1 heterocycles. The second kappa shape index (κ2) is 7.42. The summed E-state index contributed by atoms with van der Waals surface area (Å²) in [5.41, 5.74) is 0.412. The van der Waals surface area contributed by atoms with Gasteiger partial charge in [0.05, 0.1) is 0 Å². The molecule has 1 rings (SSSR count). The Kier molecular flexibility index (Phi) is 5.84. The fraction of sp³-hybridized carbons (Fsp3) is 0.462. The maximum Gasteiger partial charge on any atom is 0.272 e. The highest BCUT2D eigenvalue weighted by Gasteiger charge is 2.13. The molecule has 0 bridgehead atoms. The Balaban J connectivity index is 2.69. The quantitative estimate of drug-likeness (QED) is 0.749. The highest BCUT2D eigenvalue weighted by Crippen LogP contribution is 2.04. The number of hydrogen-bond acceptors (Lipinski definition) is 4. The number of unbranched alkanes of at least 4 members (excludes halogenated alkanes) is 1. The van der Waals surface area contributed by atoms with Crippen LogP contribution in [0.3, 0.4) is 0 Å². The van der Waals surface area contributed by atoms with Crippen molar-refractivity contribution in [1.29, 1.82) is 0 Å². The van der Waals surface area contributed by atoms with Crippen LogP contribution in [0.5, 0.6) is 0 Å². The lowest BCUT2D eigenvalue weighted by atomic mass is 10.3. The van der Waals surface area contributed by atoms with E-state index in [1.165, 1.54) is 0 Å². The van der Waals surface area contributed by atoms with E-state index >= 15 is 0 Å². The average molecular weight is 248 g/mol. The minimum Gasteiger partial charge on any atom is -0.351 e. The fourth-order valence-electron chi connectivity index (χ4n) is 1.42. The van der Waals surface area contributed by atoms with Crippen molar-refractivity contribution in [2.45, 2.75) is 19.8 Å². The average Bonchev–Trinajstić information content (AvgIpc) is 2.42. The van der Waals surface area contributed by atoms with Crippen LogP contribution in [-0.4, -0.2) is 40.9 Å². The molecule has 5 nitrogen and oxygen atoms in total. The molecule has 0 radical (unpaired) electrons. The summed E-state index contributed by atoms with van der Waals surface area (Å²) in [6.07, 6.45) is 5.35. The van der Waals surface area contributed by atoms with Gasteiger partial charge in [0, 0.05) is 26.3 Å². The van der Waals surface area contributed by atoms with E-state index in [0.717, 1.165) is 19.4 Å². The molecule has 0 spiro atoms. The second-order valence-corrected chi connectivity index (χ2v) is 4.02. The number of rotatable bonds is 7. The number of amides is 1. The standard InChI is InChI=1S/C13H20N4O/c1-4-6-10-17(3)12(18)11-7-9-15-13(16-11)14-8-5-2/h5,7,9H,2,4,6,8,10H2,1,3H3,(H,14,15,16). The molecule has 98 valence electrons. The first-order valence-electron chi connectivity index (χ1n) is 6.12. The molecular weight excluding hydrogens is 228 g/mol. The molecule has 1 amide bonds. The van der Waals surface area contributed by atoms with Crippen LogP contribution < -0.4 is 5.32 Å². The van der Waals surface area contributed by atoms with Crippen LogP contribution in [0.25, 0.3) is 0 Å². The molecule has 0 atom stereocenters. The van der Waals surface area contributed by atoms with Gasteiger partial charge in [-0.3, -0.25) is 4.79 Å². The minimum absolute atomic E-state index is 0.0764. The Bertz CT molecular complexity index is 406. The fourth-order valence-corrected chi connectivity index (χ4v) is 1.42. The molecule has 0 fully saturated rings. The molecule has 0 aliphatic heterocycles. The van der Waals surface area contributed by atoms with Crippen LogP contribution in [0.4, 0.5) is 5.95 Å². The van der Waals surface area contributed by atoms with E-state index in [-0.39, 0.29) is 5.91 Å². The van der Waals surface area contributed by atoms with Crippen molar-refractivity contribution in [2.24, 2.45) is 0 Å². The number of aromatic nitrogens is 2. The summed E-state index contributed by atoms with van der Waals surface area (Å²) < 4.78 is 0. The summed E-state index contributed by atoms with van der Waals surface area (Å²) in [5.74, 6) is 0.372. The lowest BCUT2D eigenvalue weighted by Crippen LogP contribution is -2.28. The number of anilines is 1. The van der Waals surface area contributed by atoms with Crippen LogP contribution in [-0.2, 0) is 0 Å². The second-order valence-electron chi connectivity index (χ2n) is 4.02. The molecular formula is C13H20N4O. The third kappa shape index (κ3) is 4.16. The van der Waals surface area contributed by atoms with Gasteiger partial charge >= 0.3 is 0 Å². The van der Waals surface area contributed by atoms with Crippen molar-refractivity contribution in [2.75, 3.05) is 25.5 Å². The van der Waals surface area contributed by atoms with Gasteiger partial charge in [-0.25, -0.2) is 9.97 Å². The molecule has 0 saturated heterocycles. The Labute approximate surface area is 108 Å². The van der Waals surface area contributed by atoms with Crippen LogP contribution >= 0.6 is 0 Å².